The highest BCUT2D eigenvalue weighted by molar-refractivity contribution is 6.06. The second kappa shape index (κ2) is 7.85. The predicted molar refractivity (Wildman–Crippen MR) is 104 cm³/mol. The molecule has 1 N–H and O–H groups in total. The summed E-state index contributed by atoms with van der Waals surface area (Å²) >= 11 is 0. The molecule has 1 aromatic rings. The third-order valence-electron chi connectivity index (χ3n) is 6.10. The number of hydrogen-bond donors (Lipinski definition) is 1. The zero-order valence-corrected chi connectivity index (χ0v) is 16.4. The van der Waals surface area contributed by atoms with Crippen LogP contribution in [-0.2, 0) is 19.2 Å². The molecule has 4 amide bonds. The molecule has 1 aromatic carbocycles. The van der Waals surface area contributed by atoms with Crippen LogP contribution in [-0.4, -0.2) is 54.8 Å². The van der Waals surface area contributed by atoms with Crippen LogP contribution in [0.4, 0.5) is 5.69 Å². The predicted octanol–water partition coefficient (Wildman–Crippen LogP) is 1.09. The summed E-state index contributed by atoms with van der Waals surface area (Å²) in [6, 6.07) is 7.04. The fourth-order valence-electron chi connectivity index (χ4n) is 4.56. The molecule has 2 fully saturated rings. The first kappa shape index (κ1) is 19.4. The first-order valence-corrected chi connectivity index (χ1v) is 10.1. The highest BCUT2D eigenvalue weighted by Gasteiger charge is 2.48. The standard InChI is InChI=1S/C21H25N3O5/c1-22-19(26)17-12-24(15-8-4-5-9-16(15)29-17)18(25)10-11-23-20(27)13-6-2-3-7-14(13)21(23)28/h4-5,8-9,13-14,17H,2-3,6-7,10-12H2,1H3,(H,22,26)/t13-,14+,17-/m0/s1. The maximum Gasteiger partial charge on any atom is 0.262 e. The van der Waals surface area contributed by atoms with E-state index in [9.17, 15) is 19.2 Å². The normalized spacial score (nSPS) is 25.9. The van der Waals surface area contributed by atoms with E-state index in [4.69, 9.17) is 4.74 Å². The Morgan fingerprint density at radius 1 is 1.10 bits per heavy atom. The molecule has 8 nitrogen and oxygen atoms in total. The van der Waals surface area contributed by atoms with Crippen molar-refractivity contribution in [1.82, 2.24) is 10.2 Å². The van der Waals surface area contributed by atoms with Gasteiger partial charge in [-0.25, -0.2) is 0 Å². The molecule has 2 heterocycles. The van der Waals surface area contributed by atoms with Crippen LogP contribution in [0.5, 0.6) is 5.75 Å². The van der Waals surface area contributed by atoms with Gasteiger partial charge in [0.05, 0.1) is 24.1 Å². The molecular formula is C21H25N3O5. The van der Waals surface area contributed by atoms with Gasteiger partial charge < -0.3 is 15.0 Å². The number of carbonyl (C=O) groups is 4. The molecule has 3 atom stereocenters. The maximum atomic E-state index is 13.0. The number of anilines is 1. The van der Waals surface area contributed by atoms with E-state index in [1.807, 2.05) is 0 Å². The summed E-state index contributed by atoms with van der Waals surface area (Å²) in [5, 5.41) is 2.54. The fraction of sp³-hybridized carbons (Fsp3) is 0.524. The third-order valence-corrected chi connectivity index (χ3v) is 6.10. The van der Waals surface area contributed by atoms with Gasteiger partial charge >= 0.3 is 0 Å². The van der Waals surface area contributed by atoms with Crippen LogP contribution < -0.4 is 15.0 Å². The van der Waals surface area contributed by atoms with E-state index in [0.717, 1.165) is 25.7 Å². The van der Waals surface area contributed by atoms with Crippen molar-refractivity contribution in [1.29, 1.82) is 0 Å². The molecule has 154 valence electrons. The lowest BCUT2D eigenvalue weighted by atomic mass is 9.81. The average molecular weight is 399 g/mol. The Balaban J connectivity index is 1.47. The summed E-state index contributed by atoms with van der Waals surface area (Å²) in [6.45, 7) is 0.163. The van der Waals surface area contributed by atoms with Crippen LogP contribution in [0.25, 0.3) is 0 Å². The lowest BCUT2D eigenvalue weighted by molar-refractivity contribution is -0.140. The van der Waals surface area contributed by atoms with Crippen molar-refractivity contribution in [3.63, 3.8) is 0 Å². The second-order valence-electron chi connectivity index (χ2n) is 7.77. The van der Waals surface area contributed by atoms with Crippen molar-refractivity contribution < 1.29 is 23.9 Å². The molecule has 4 rings (SSSR count). The third kappa shape index (κ3) is 3.47. The monoisotopic (exact) mass is 399 g/mol. The van der Waals surface area contributed by atoms with E-state index in [1.165, 1.54) is 16.8 Å². The van der Waals surface area contributed by atoms with Gasteiger partial charge in [-0.15, -0.1) is 0 Å². The molecular weight excluding hydrogens is 374 g/mol. The summed E-state index contributed by atoms with van der Waals surface area (Å²) in [5.41, 5.74) is 0.588. The minimum Gasteiger partial charge on any atom is -0.477 e. The number of imide groups is 1. The Hall–Kier alpha value is -2.90. The SMILES string of the molecule is CNC(=O)[C@@H]1CN(C(=O)CCN2C(=O)[C@H]3CCCC[C@H]3C2=O)c2ccccc2O1. The van der Waals surface area contributed by atoms with Gasteiger partial charge in [-0.2, -0.15) is 0 Å². The Bertz CT molecular complexity index is 830. The van der Waals surface area contributed by atoms with Crippen LogP contribution >= 0.6 is 0 Å². The number of nitrogens with one attached hydrogen (secondary N) is 1. The van der Waals surface area contributed by atoms with Gasteiger partial charge in [0.15, 0.2) is 6.10 Å². The van der Waals surface area contributed by atoms with E-state index in [2.05, 4.69) is 5.32 Å². The Morgan fingerprint density at radius 3 is 2.41 bits per heavy atom. The number of benzene rings is 1. The van der Waals surface area contributed by atoms with Gasteiger partial charge in [0.2, 0.25) is 17.7 Å². The van der Waals surface area contributed by atoms with Crippen molar-refractivity contribution in [2.75, 3.05) is 25.0 Å². The molecule has 0 unspecified atom stereocenters. The zero-order chi connectivity index (χ0) is 20.5. The molecule has 0 radical (unpaired) electrons. The van der Waals surface area contributed by atoms with Crippen LogP contribution in [0.1, 0.15) is 32.1 Å². The number of nitrogens with zero attached hydrogens (tertiary/aromatic N) is 2. The van der Waals surface area contributed by atoms with E-state index >= 15 is 0 Å². The number of hydrogen-bond acceptors (Lipinski definition) is 5. The number of likely N-dealkylation sites (N-methyl/N-ethyl adjacent to an activating group) is 1. The fourth-order valence-corrected chi connectivity index (χ4v) is 4.56. The second-order valence-corrected chi connectivity index (χ2v) is 7.77. The molecule has 1 saturated carbocycles. The number of fused-ring (bicyclic) bond motifs is 2. The average Bonchev–Trinajstić information content (AvgIpc) is 3.00. The molecule has 2 aliphatic heterocycles. The molecule has 3 aliphatic rings. The molecule has 0 bridgehead atoms. The number of para-hydroxylation sites is 2. The number of carbonyl (C=O) groups excluding carboxylic acids is 4. The molecule has 29 heavy (non-hydrogen) atoms. The van der Waals surface area contributed by atoms with Crippen molar-refractivity contribution >= 4 is 29.3 Å². The largest absolute Gasteiger partial charge is 0.477 e. The van der Waals surface area contributed by atoms with Crippen molar-refractivity contribution in [2.24, 2.45) is 11.8 Å². The van der Waals surface area contributed by atoms with Gasteiger partial charge in [-0.1, -0.05) is 25.0 Å². The smallest absolute Gasteiger partial charge is 0.262 e. The Morgan fingerprint density at radius 2 is 1.76 bits per heavy atom. The highest BCUT2D eigenvalue weighted by atomic mass is 16.5. The number of rotatable bonds is 4. The van der Waals surface area contributed by atoms with Gasteiger partial charge in [0, 0.05) is 20.0 Å². The van der Waals surface area contributed by atoms with Crippen molar-refractivity contribution in [3.05, 3.63) is 24.3 Å². The number of likely N-dealkylation sites (tertiary alicyclic amines) is 1. The minimum absolute atomic E-state index is 0.0196. The molecule has 1 saturated heterocycles. The first-order valence-electron chi connectivity index (χ1n) is 10.1. The molecule has 0 aromatic heterocycles. The topological polar surface area (TPSA) is 96.0 Å². The quantitative estimate of drug-likeness (QED) is 0.765. The van der Waals surface area contributed by atoms with E-state index < -0.39 is 6.10 Å². The summed E-state index contributed by atoms with van der Waals surface area (Å²) in [7, 11) is 1.52. The zero-order valence-electron chi connectivity index (χ0n) is 16.4. The van der Waals surface area contributed by atoms with Crippen LogP contribution in [0.3, 0.4) is 0 Å². The van der Waals surface area contributed by atoms with Crippen molar-refractivity contribution in [2.45, 2.75) is 38.2 Å². The van der Waals surface area contributed by atoms with Crippen LogP contribution in [0.15, 0.2) is 24.3 Å². The van der Waals surface area contributed by atoms with E-state index in [1.54, 1.807) is 24.3 Å². The Labute approximate surface area is 169 Å². The Kier molecular flexibility index (Phi) is 5.25. The summed E-state index contributed by atoms with van der Waals surface area (Å²) in [4.78, 5) is 53.1. The van der Waals surface area contributed by atoms with Gasteiger partial charge in [0.1, 0.15) is 5.75 Å². The number of ether oxygens (including phenoxy) is 1. The summed E-state index contributed by atoms with van der Waals surface area (Å²) in [6.07, 6.45) is 2.66. The lowest BCUT2D eigenvalue weighted by Crippen LogP contribution is -2.50. The molecule has 8 heteroatoms. The van der Waals surface area contributed by atoms with Gasteiger partial charge in [0.25, 0.3) is 5.91 Å². The molecule has 1 aliphatic carbocycles. The summed E-state index contributed by atoms with van der Waals surface area (Å²) in [5.74, 6) is -0.811. The maximum absolute atomic E-state index is 13.0. The number of amides is 4. The van der Waals surface area contributed by atoms with E-state index in [0.29, 0.717) is 11.4 Å². The minimum atomic E-state index is -0.809. The molecule has 0 spiro atoms. The lowest BCUT2D eigenvalue weighted by Gasteiger charge is -2.34. The highest BCUT2D eigenvalue weighted by Crippen LogP contribution is 2.38. The van der Waals surface area contributed by atoms with Crippen LogP contribution in [0, 0.1) is 11.8 Å². The van der Waals surface area contributed by atoms with Gasteiger partial charge in [-0.3, -0.25) is 24.1 Å². The van der Waals surface area contributed by atoms with Crippen molar-refractivity contribution in [3.8, 4) is 5.75 Å². The van der Waals surface area contributed by atoms with E-state index in [-0.39, 0.29) is 55.0 Å². The summed E-state index contributed by atoms with van der Waals surface area (Å²) < 4.78 is 5.72. The van der Waals surface area contributed by atoms with Crippen LogP contribution in [0.2, 0.25) is 0 Å². The van der Waals surface area contributed by atoms with Gasteiger partial charge in [-0.05, 0) is 25.0 Å². The first-order chi connectivity index (χ1) is 14.0.